The Morgan fingerprint density at radius 2 is 1.68 bits per heavy atom. The molecule has 0 fully saturated rings. The van der Waals surface area contributed by atoms with Crippen LogP contribution in [-0.4, -0.2) is 15.3 Å². The van der Waals surface area contributed by atoms with Crippen molar-refractivity contribution in [3.05, 3.63) is 65.7 Å². The van der Waals surface area contributed by atoms with Crippen LogP contribution >= 0.6 is 0 Å². The zero-order chi connectivity index (χ0) is 13.9. The highest BCUT2D eigenvalue weighted by Crippen LogP contribution is 2.08. The zero-order valence-electron chi connectivity index (χ0n) is 10.7. The summed E-state index contributed by atoms with van der Waals surface area (Å²) in [7, 11) is -2.82. The van der Waals surface area contributed by atoms with Gasteiger partial charge in [0.2, 0.25) is 0 Å². The van der Waals surface area contributed by atoms with Gasteiger partial charge < -0.3 is 0 Å². The molecule has 0 aliphatic carbocycles. The Kier molecular flexibility index (Phi) is 3.83. The second-order valence-corrected chi connectivity index (χ2v) is 6.36. The van der Waals surface area contributed by atoms with Gasteiger partial charge in [-0.3, -0.25) is 10.5 Å². The smallest absolute Gasteiger partial charge is 0.0707 e. The van der Waals surface area contributed by atoms with Crippen molar-refractivity contribution in [2.75, 3.05) is 0 Å². The molecule has 1 atom stereocenters. The van der Waals surface area contributed by atoms with Crippen LogP contribution in [0.1, 0.15) is 11.1 Å². The molecule has 98 valence electrons. The molecule has 0 spiro atoms. The number of nitrogens with two attached hydrogens (primary N) is 1. The summed E-state index contributed by atoms with van der Waals surface area (Å²) in [6.07, 6.45) is 0. The van der Waals surface area contributed by atoms with Crippen LogP contribution in [0.15, 0.2) is 59.5 Å². The third-order valence-corrected chi connectivity index (χ3v) is 4.36. The number of hydrogen-bond donors (Lipinski definition) is 2. The fourth-order valence-corrected chi connectivity index (χ4v) is 2.88. The minimum Gasteiger partial charge on any atom is -0.300 e. The molecule has 0 aliphatic heterocycles. The van der Waals surface area contributed by atoms with E-state index in [0.29, 0.717) is 10.5 Å². The van der Waals surface area contributed by atoms with Crippen molar-refractivity contribution in [3.8, 4) is 0 Å². The van der Waals surface area contributed by atoms with Crippen molar-refractivity contribution >= 4 is 20.8 Å². The van der Waals surface area contributed by atoms with Gasteiger partial charge in [0.05, 0.1) is 15.4 Å². The van der Waals surface area contributed by atoms with Gasteiger partial charge in [0.15, 0.2) is 0 Å². The van der Waals surface area contributed by atoms with E-state index in [-0.39, 0.29) is 5.71 Å². The molecule has 0 heterocycles. The first-order chi connectivity index (χ1) is 8.99. The molecule has 3 nitrogen and oxygen atoms in total. The normalized spacial score (nSPS) is 13.6. The van der Waals surface area contributed by atoms with E-state index in [4.69, 9.17) is 10.5 Å². The predicted octanol–water partition coefficient (Wildman–Crippen LogP) is 2.38. The second kappa shape index (κ2) is 5.38. The van der Waals surface area contributed by atoms with Gasteiger partial charge in [-0.05, 0) is 19.1 Å². The average molecular weight is 272 g/mol. The van der Waals surface area contributed by atoms with E-state index < -0.39 is 9.71 Å². The third-order valence-electron chi connectivity index (χ3n) is 2.77. The zero-order valence-corrected chi connectivity index (χ0v) is 11.5. The van der Waals surface area contributed by atoms with Gasteiger partial charge in [-0.15, -0.1) is 0 Å². The van der Waals surface area contributed by atoms with Crippen LogP contribution in [0.25, 0.3) is 0 Å². The molecule has 0 aromatic heterocycles. The van der Waals surface area contributed by atoms with Gasteiger partial charge >= 0.3 is 0 Å². The maximum absolute atomic E-state index is 12.4. The monoisotopic (exact) mass is 272 g/mol. The van der Waals surface area contributed by atoms with E-state index >= 15 is 0 Å². The Balaban J connectivity index is 2.38. The van der Waals surface area contributed by atoms with Gasteiger partial charge in [-0.25, -0.2) is 4.21 Å². The number of hydrogen-bond acceptors (Lipinski definition) is 2. The highest BCUT2D eigenvalue weighted by Gasteiger charge is 2.07. The Hall–Kier alpha value is -1.91. The summed E-state index contributed by atoms with van der Waals surface area (Å²) < 4.78 is 12.4. The number of benzene rings is 2. The van der Waals surface area contributed by atoms with Crippen LogP contribution in [-0.2, 0) is 9.71 Å². The number of nitrogens with one attached hydrogen (secondary N) is 1. The van der Waals surface area contributed by atoms with Crippen LogP contribution in [0.5, 0.6) is 0 Å². The fraction of sp³-hybridized carbons (Fsp3) is 0.0667. The molecule has 2 aromatic carbocycles. The van der Waals surface area contributed by atoms with Crippen molar-refractivity contribution in [3.63, 3.8) is 0 Å². The topological polar surface area (TPSA) is 66.9 Å². The summed E-state index contributed by atoms with van der Waals surface area (Å²) in [4.78, 5) is 0.534. The molecule has 0 radical (unpaired) electrons. The molecular weight excluding hydrogens is 256 g/mol. The first-order valence-electron chi connectivity index (χ1n) is 5.86. The van der Waals surface area contributed by atoms with Crippen LogP contribution in [0.2, 0.25) is 0 Å². The standard InChI is InChI=1S/C15H16N2OS/c1-12-7-9-13(10-8-12)15(16)11-19(17,18)14-5-3-2-4-6-14/h2-11,16H,1H3,(H2,17,18). The summed E-state index contributed by atoms with van der Waals surface area (Å²) in [6, 6.07) is 16.3. The third kappa shape index (κ3) is 3.30. The Morgan fingerprint density at radius 1 is 1.11 bits per heavy atom. The lowest BCUT2D eigenvalue weighted by atomic mass is 10.1. The van der Waals surface area contributed by atoms with Gasteiger partial charge in [-0.1, -0.05) is 48.0 Å². The summed E-state index contributed by atoms with van der Waals surface area (Å²) in [5.74, 6) is 0. The molecule has 19 heavy (non-hydrogen) atoms. The maximum Gasteiger partial charge on any atom is 0.0707 e. The maximum atomic E-state index is 12.4. The van der Waals surface area contributed by atoms with E-state index in [9.17, 15) is 4.21 Å². The lowest BCUT2D eigenvalue weighted by Gasteiger charge is -2.06. The number of aryl methyl sites for hydroxylation is 1. The second-order valence-electron chi connectivity index (χ2n) is 4.36. The quantitative estimate of drug-likeness (QED) is 0.654. The van der Waals surface area contributed by atoms with Gasteiger partial charge in [0.25, 0.3) is 0 Å². The summed E-state index contributed by atoms with van der Waals surface area (Å²) in [5.41, 5.74) is 2.00. The van der Waals surface area contributed by atoms with E-state index in [1.165, 1.54) is 5.37 Å². The molecule has 0 bridgehead atoms. The summed E-state index contributed by atoms with van der Waals surface area (Å²) >= 11 is 0. The Labute approximate surface area is 113 Å². The molecule has 2 aromatic rings. The fourth-order valence-electron chi connectivity index (χ4n) is 1.68. The van der Waals surface area contributed by atoms with Crippen molar-refractivity contribution in [1.82, 2.24) is 0 Å². The lowest BCUT2D eigenvalue weighted by molar-refractivity contribution is 0.682. The minimum absolute atomic E-state index is 0.177. The van der Waals surface area contributed by atoms with Crippen LogP contribution in [0.4, 0.5) is 0 Å². The van der Waals surface area contributed by atoms with Crippen molar-refractivity contribution in [2.45, 2.75) is 11.8 Å². The molecule has 0 aliphatic rings. The molecular formula is C15H16N2OS. The Morgan fingerprint density at radius 3 is 2.26 bits per heavy atom. The first-order valence-corrected chi connectivity index (χ1v) is 7.55. The molecule has 0 saturated heterocycles. The highest BCUT2D eigenvalue weighted by atomic mass is 32.2. The number of rotatable bonds is 3. The SMILES string of the molecule is Cc1ccc(C(=N)C=S(N)(=O)c2ccccc2)cc1. The van der Waals surface area contributed by atoms with Crippen LogP contribution in [0, 0.1) is 12.3 Å². The summed E-state index contributed by atoms with van der Waals surface area (Å²) in [5, 5.41) is 15.2. The lowest BCUT2D eigenvalue weighted by Crippen LogP contribution is -2.20. The van der Waals surface area contributed by atoms with Crippen LogP contribution < -0.4 is 5.14 Å². The molecule has 2 rings (SSSR count). The van der Waals surface area contributed by atoms with Gasteiger partial charge in [0, 0.05) is 15.8 Å². The van der Waals surface area contributed by atoms with Crippen molar-refractivity contribution < 1.29 is 4.21 Å². The molecule has 1 unspecified atom stereocenters. The van der Waals surface area contributed by atoms with Gasteiger partial charge in [-0.2, -0.15) is 0 Å². The van der Waals surface area contributed by atoms with Gasteiger partial charge in [0.1, 0.15) is 0 Å². The first kappa shape index (κ1) is 13.5. The predicted molar refractivity (Wildman–Crippen MR) is 81.1 cm³/mol. The average Bonchev–Trinajstić information content (AvgIpc) is 2.40. The van der Waals surface area contributed by atoms with Crippen molar-refractivity contribution in [2.24, 2.45) is 5.14 Å². The van der Waals surface area contributed by atoms with E-state index in [0.717, 1.165) is 5.56 Å². The molecule has 0 amide bonds. The molecule has 3 N–H and O–H groups in total. The minimum atomic E-state index is -2.82. The Bertz CT molecular complexity index is 697. The van der Waals surface area contributed by atoms with E-state index in [2.05, 4.69) is 0 Å². The van der Waals surface area contributed by atoms with Crippen molar-refractivity contribution in [1.29, 1.82) is 5.41 Å². The summed E-state index contributed by atoms with van der Waals surface area (Å²) in [6.45, 7) is 1.98. The molecule has 0 saturated carbocycles. The van der Waals surface area contributed by atoms with Crippen LogP contribution in [0.3, 0.4) is 0 Å². The van der Waals surface area contributed by atoms with E-state index in [1.807, 2.05) is 37.3 Å². The molecule has 4 heteroatoms. The van der Waals surface area contributed by atoms with E-state index in [1.54, 1.807) is 24.3 Å². The highest BCUT2D eigenvalue weighted by molar-refractivity contribution is 8.00. The largest absolute Gasteiger partial charge is 0.300 e.